The van der Waals surface area contributed by atoms with Crippen LogP contribution in [0.25, 0.3) is 0 Å². The Balaban J connectivity index is 3.17. The number of esters is 1. The number of aliphatic hydroxyl groups excluding tert-OH is 4. The summed E-state index contributed by atoms with van der Waals surface area (Å²) in [5.74, 6) is -3.48. The Hall–Kier alpha value is -1.30. The number of amides is 1. The van der Waals surface area contributed by atoms with Gasteiger partial charge in [-0.25, -0.2) is 4.79 Å². The Morgan fingerprint density at radius 3 is 2.43 bits per heavy atom. The van der Waals surface area contributed by atoms with Crippen molar-refractivity contribution in [2.45, 2.75) is 49.6 Å². The van der Waals surface area contributed by atoms with Crippen LogP contribution in [0.15, 0.2) is 0 Å². The second-order valence-corrected chi connectivity index (χ2v) is 5.27. The normalized spacial score (nSPS) is 33.6. The van der Waals surface area contributed by atoms with Crippen LogP contribution in [-0.2, 0) is 23.8 Å². The Morgan fingerprint density at radius 2 is 2.00 bits per heavy atom. The van der Waals surface area contributed by atoms with E-state index in [1.54, 1.807) is 0 Å². The first-order valence-corrected chi connectivity index (χ1v) is 6.96. The van der Waals surface area contributed by atoms with Crippen molar-refractivity contribution >= 4 is 11.9 Å². The third-order valence-corrected chi connectivity index (χ3v) is 3.69. The summed E-state index contributed by atoms with van der Waals surface area (Å²) < 4.78 is 15.1. The number of ether oxygens (including phenoxy) is 3. The highest BCUT2D eigenvalue weighted by molar-refractivity contribution is 5.78. The first-order chi connectivity index (χ1) is 10.7. The van der Waals surface area contributed by atoms with Gasteiger partial charge in [0.1, 0.15) is 18.3 Å². The van der Waals surface area contributed by atoms with Gasteiger partial charge >= 0.3 is 5.97 Å². The van der Waals surface area contributed by atoms with Crippen molar-refractivity contribution < 1.29 is 44.2 Å². The summed E-state index contributed by atoms with van der Waals surface area (Å²) in [4.78, 5) is 23.2. The molecule has 0 aromatic rings. The molecule has 4 unspecified atom stereocenters. The summed E-state index contributed by atoms with van der Waals surface area (Å²) in [6.45, 7) is 0.402. The number of hydrogen-bond acceptors (Lipinski definition) is 9. The fourth-order valence-electron chi connectivity index (χ4n) is 2.49. The smallest absolute Gasteiger partial charge is 0.366 e. The topological polar surface area (TPSA) is 155 Å². The highest BCUT2D eigenvalue weighted by atomic mass is 16.7. The predicted octanol–water partition coefficient (Wildman–Crippen LogP) is -3.13. The van der Waals surface area contributed by atoms with Gasteiger partial charge in [0.25, 0.3) is 5.79 Å². The molecule has 0 aromatic heterocycles. The quantitative estimate of drug-likeness (QED) is 0.316. The van der Waals surface area contributed by atoms with Gasteiger partial charge in [-0.3, -0.25) is 4.79 Å². The molecule has 10 nitrogen and oxygen atoms in total. The summed E-state index contributed by atoms with van der Waals surface area (Å²) in [6, 6.07) is -1.13. The van der Waals surface area contributed by atoms with Crippen LogP contribution in [0.1, 0.15) is 13.3 Å². The van der Waals surface area contributed by atoms with Crippen LogP contribution in [0.4, 0.5) is 0 Å². The fourth-order valence-corrected chi connectivity index (χ4v) is 2.49. The molecule has 6 atom stereocenters. The average Bonchev–Trinajstić information content (AvgIpc) is 2.53. The van der Waals surface area contributed by atoms with Gasteiger partial charge < -0.3 is 40.0 Å². The molecule has 134 valence electrons. The lowest BCUT2D eigenvalue weighted by Crippen LogP contribution is -2.67. The Labute approximate surface area is 133 Å². The zero-order valence-electron chi connectivity index (χ0n) is 13.1. The zero-order valence-corrected chi connectivity index (χ0v) is 13.1. The van der Waals surface area contributed by atoms with Crippen molar-refractivity contribution in [3.63, 3.8) is 0 Å². The molecule has 1 heterocycles. The van der Waals surface area contributed by atoms with E-state index < -0.39 is 54.7 Å². The molecule has 0 aromatic carbocycles. The van der Waals surface area contributed by atoms with Gasteiger partial charge in [0.2, 0.25) is 5.91 Å². The molecular weight excluding hydrogens is 314 g/mol. The van der Waals surface area contributed by atoms with Gasteiger partial charge in [-0.05, 0) is 0 Å². The molecule has 5 N–H and O–H groups in total. The van der Waals surface area contributed by atoms with Crippen LogP contribution in [0.3, 0.4) is 0 Å². The molecule has 1 fully saturated rings. The minimum Gasteiger partial charge on any atom is -0.465 e. The molecule has 1 saturated heterocycles. The Morgan fingerprint density at radius 1 is 1.39 bits per heavy atom. The first-order valence-electron chi connectivity index (χ1n) is 6.96. The highest BCUT2D eigenvalue weighted by Crippen LogP contribution is 2.33. The van der Waals surface area contributed by atoms with E-state index in [0.29, 0.717) is 0 Å². The lowest BCUT2D eigenvalue weighted by molar-refractivity contribution is -0.305. The summed E-state index contributed by atoms with van der Waals surface area (Å²) in [5.41, 5.74) is 0. The van der Waals surface area contributed by atoms with Crippen molar-refractivity contribution in [3.05, 3.63) is 0 Å². The number of aliphatic hydroxyl groups is 4. The number of carbonyl (C=O) groups excluding carboxylic acids is 2. The number of rotatable bonds is 6. The highest BCUT2D eigenvalue weighted by Gasteiger charge is 2.55. The molecule has 0 saturated carbocycles. The van der Waals surface area contributed by atoms with E-state index in [9.17, 15) is 24.9 Å². The lowest BCUT2D eigenvalue weighted by Gasteiger charge is -2.46. The van der Waals surface area contributed by atoms with E-state index in [4.69, 9.17) is 14.6 Å². The number of carbonyl (C=O) groups is 2. The maximum absolute atomic E-state index is 11.9. The van der Waals surface area contributed by atoms with Crippen molar-refractivity contribution in [2.24, 2.45) is 0 Å². The molecule has 1 aliphatic rings. The van der Waals surface area contributed by atoms with Crippen molar-refractivity contribution in [1.82, 2.24) is 5.32 Å². The van der Waals surface area contributed by atoms with E-state index >= 15 is 0 Å². The second kappa shape index (κ2) is 7.99. The van der Waals surface area contributed by atoms with Crippen LogP contribution in [0.2, 0.25) is 0 Å². The molecular formula is C13H23NO9. The number of hydrogen-bond donors (Lipinski definition) is 5. The van der Waals surface area contributed by atoms with E-state index in [2.05, 4.69) is 10.1 Å². The van der Waals surface area contributed by atoms with Crippen molar-refractivity contribution in [1.29, 1.82) is 0 Å². The summed E-state index contributed by atoms with van der Waals surface area (Å²) in [7, 11) is 2.24. The summed E-state index contributed by atoms with van der Waals surface area (Å²) >= 11 is 0. The van der Waals surface area contributed by atoms with E-state index in [1.807, 2.05) is 0 Å². The van der Waals surface area contributed by atoms with Gasteiger partial charge in [0.05, 0.1) is 25.9 Å². The number of methoxy groups -OCH3 is 2. The third kappa shape index (κ3) is 4.16. The Bertz CT molecular complexity index is 432. The van der Waals surface area contributed by atoms with E-state index in [-0.39, 0.29) is 6.42 Å². The zero-order chi connectivity index (χ0) is 17.8. The van der Waals surface area contributed by atoms with Crippen molar-refractivity contribution in [2.75, 3.05) is 20.8 Å². The van der Waals surface area contributed by atoms with Crippen LogP contribution in [-0.4, -0.2) is 89.4 Å². The molecule has 10 heteroatoms. The minimum absolute atomic E-state index is 0.362. The SMILES string of the molecule is COC(=O)C1(OC)CC(O)C(NC(C)=O)C([C@@H](O)[C@@H](O)CO)O1. The molecule has 1 aliphatic heterocycles. The standard InChI is InChI=1S/C13H23NO9/c1-6(16)14-9-7(17)4-13(22-3,12(20)21-2)23-11(9)10(19)8(18)5-15/h7-11,15,17-19H,4-5H2,1-3H3,(H,14,16)/t7?,8-,9?,10-,11?,13?/m0/s1. The molecule has 0 bridgehead atoms. The minimum atomic E-state index is -2.01. The van der Waals surface area contributed by atoms with Crippen LogP contribution >= 0.6 is 0 Å². The molecule has 0 radical (unpaired) electrons. The van der Waals surface area contributed by atoms with Crippen molar-refractivity contribution in [3.8, 4) is 0 Å². The third-order valence-electron chi connectivity index (χ3n) is 3.69. The molecule has 23 heavy (non-hydrogen) atoms. The van der Waals surface area contributed by atoms with E-state index in [1.165, 1.54) is 6.92 Å². The van der Waals surface area contributed by atoms with Gasteiger partial charge in [0, 0.05) is 20.5 Å². The molecule has 1 rings (SSSR count). The largest absolute Gasteiger partial charge is 0.465 e. The maximum Gasteiger partial charge on any atom is 0.366 e. The van der Waals surface area contributed by atoms with Gasteiger partial charge in [-0.15, -0.1) is 0 Å². The predicted molar refractivity (Wildman–Crippen MR) is 74.0 cm³/mol. The fraction of sp³-hybridized carbons (Fsp3) is 0.846. The van der Waals surface area contributed by atoms with Gasteiger partial charge in [-0.2, -0.15) is 0 Å². The summed E-state index contributed by atoms with van der Waals surface area (Å²) in [5, 5.41) is 41.4. The summed E-state index contributed by atoms with van der Waals surface area (Å²) in [6.07, 6.45) is -6.44. The Kier molecular flexibility index (Phi) is 6.86. The molecule has 0 spiro atoms. The average molecular weight is 337 g/mol. The van der Waals surface area contributed by atoms with Crippen LogP contribution < -0.4 is 5.32 Å². The van der Waals surface area contributed by atoms with Gasteiger partial charge in [-0.1, -0.05) is 0 Å². The van der Waals surface area contributed by atoms with E-state index in [0.717, 1.165) is 14.2 Å². The van der Waals surface area contributed by atoms with Crippen LogP contribution in [0, 0.1) is 0 Å². The molecule has 0 aliphatic carbocycles. The first kappa shape index (κ1) is 19.7. The number of nitrogens with one attached hydrogen (secondary N) is 1. The lowest BCUT2D eigenvalue weighted by atomic mass is 9.88. The second-order valence-electron chi connectivity index (χ2n) is 5.27. The molecule has 1 amide bonds. The maximum atomic E-state index is 11.9. The van der Waals surface area contributed by atoms with Gasteiger partial charge in [0.15, 0.2) is 0 Å². The van der Waals surface area contributed by atoms with Crippen LogP contribution in [0.5, 0.6) is 0 Å². The monoisotopic (exact) mass is 337 g/mol.